The highest BCUT2D eigenvalue weighted by molar-refractivity contribution is 5.92. The van der Waals surface area contributed by atoms with E-state index in [4.69, 9.17) is 21.7 Å². The third-order valence-corrected chi connectivity index (χ3v) is 7.20. The Morgan fingerprint density at radius 2 is 1.85 bits per heavy atom. The number of nitrogens with one attached hydrogen (secondary N) is 3. The second-order valence-corrected chi connectivity index (χ2v) is 10.9. The number of carbonyl (C=O) groups excluding carboxylic acids is 2. The Morgan fingerprint density at radius 1 is 1.11 bits per heavy atom. The molecule has 0 saturated heterocycles. The average molecular weight is 629 g/mol. The molecule has 0 spiro atoms. The van der Waals surface area contributed by atoms with Crippen LogP contribution in [0.5, 0.6) is 5.75 Å². The van der Waals surface area contributed by atoms with Crippen molar-refractivity contribution in [3.05, 3.63) is 101 Å². The van der Waals surface area contributed by atoms with Gasteiger partial charge >= 0.3 is 0 Å². The standard InChI is InChI=1S/C32H40N10O4/c1-19-13-23(43)14-20(2)24(19)10-11-26(39-29(44)25(33)9-6-12-37-32(34)35)30(45)40-27(16-22-17-36-18-38-22)31-41-28(42-46-31)15-21-7-4-3-5-8-21/h3-5,7-8,10-11,13-14,17-18,25-27,43H,6,9,12,15-16,33H2,1-2H3,(H,36,38)(H,39,44)(H,40,45)(H4,34,35,37)/b11-10+/t25-,26+,27+/m1/s1. The molecule has 0 fully saturated rings. The zero-order valence-corrected chi connectivity index (χ0v) is 25.8. The van der Waals surface area contributed by atoms with E-state index in [2.05, 4.69) is 35.7 Å². The number of benzene rings is 2. The number of nitrogens with zero attached hydrogens (tertiary/aromatic N) is 4. The maximum Gasteiger partial charge on any atom is 0.249 e. The molecule has 0 unspecified atom stereocenters. The van der Waals surface area contributed by atoms with E-state index in [1.165, 1.54) is 6.33 Å². The van der Waals surface area contributed by atoms with Gasteiger partial charge in [-0.2, -0.15) is 4.98 Å². The second-order valence-electron chi connectivity index (χ2n) is 10.9. The Morgan fingerprint density at radius 3 is 2.52 bits per heavy atom. The lowest BCUT2D eigenvalue weighted by Gasteiger charge is -2.21. The van der Waals surface area contributed by atoms with Crippen LogP contribution in [0.15, 0.2) is 70.6 Å². The first-order valence-corrected chi connectivity index (χ1v) is 14.8. The monoisotopic (exact) mass is 628 g/mol. The lowest BCUT2D eigenvalue weighted by molar-refractivity contribution is -0.129. The van der Waals surface area contributed by atoms with E-state index in [1.807, 2.05) is 44.2 Å². The van der Waals surface area contributed by atoms with Crippen molar-refractivity contribution in [1.29, 1.82) is 0 Å². The highest BCUT2D eigenvalue weighted by Gasteiger charge is 2.28. The molecule has 242 valence electrons. The van der Waals surface area contributed by atoms with Gasteiger partial charge in [-0.15, -0.1) is 0 Å². The lowest BCUT2D eigenvalue weighted by Crippen LogP contribution is -2.51. The van der Waals surface area contributed by atoms with Crippen molar-refractivity contribution in [2.24, 2.45) is 22.2 Å². The fourth-order valence-electron chi connectivity index (χ4n) is 4.86. The topological polar surface area (TPSA) is 236 Å². The summed E-state index contributed by atoms with van der Waals surface area (Å²) in [7, 11) is 0. The molecule has 4 aromatic rings. The fourth-order valence-corrected chi connectivity index (χ4v) is 4.86. The lowest BCUT2D eigenvalue weighted by atomic mass is 10.0. The van der Waals surface area contributed by atoms with Gasteiger partial charge in [0.15, 0.2) is 11.8 Å². The van der Waals surface area contributed by atoms with Gasteiger partial charge < -0.3 is 42.4 Å². The van der Waals surface area contributed by atoms with Crippen LogP contribution in [-0.2, 0) is 22.4 Å². The number of nitrogens with two attached hydrogens (primary N) is 3. The first kappa shape index (κ1) is 33.4. The van der Waals surface area contributed by atoms with Crippen molar-refractivity contribution in [3.63, 3.8) is 0 Å². The minimum atomic E-state index is -1.13. The largest absolute Gasteiger partial charge is 0.508 e. The van der Waals surface area contributed by atoms with Crippen LogP contribution >= 0.6 is 0 Å². The van der Waals surface area contributed by atoms with Crippen molar-refractivity contribution in [2.75, 3.05) is 6.54 Å². The Kier molecular flexibility index (Phi) is 11.6. The molecular formula is C32H40N10O4. The predicted octanol–water partition coefficient (Wildman–Crippen LogP) is 1.69. The third-order valence-electron chi connectivity index (χ3n) is 7.20. The number of aromatic hydroxyl groups is 1. The number of hydrogen-bond donors (Lipinski definition) is 7. The number of hydrogen-bond acceptors (Lipinski definition) is 9. The van der Waals surface area contributed by atoms with Gasteiger partial charge in [-0.25, -0.2) is 4.98 Å². The number of rotatable bonds is 15. The van der Waals surface area contributed by atoms with Crippen LogP contribution in [0.2, 0.25) is 0 Å². The fraction of sp³-hybridized carbons (Fsp3) is 0.312. The zero-order chi connectivity index (χ0) is 33.1. The number of aromatic amines is 1. The number of imidazole rings is 1. The molecule has 0 aliphatic carbocycles. The van der Waals surface area contributed by atoms with Crippen molar-refractivity contribution >= 4 is 23.8 Å². The highest BCUT2D eigenvalue weighted by atomic mass is 16.5. The predicted molar refractivity (Wildman–Crippen MR) is 173 cm³/mol. The van der Waals surface area contributed by atoms with Gasteiger partial charge in [0.25, 0.3) is 0 Å². The molecule has 0 aliphatic heterocycles. The van der Waals surface area contributed by atoms with Gasteiger partial charge in [0, 0.05) is 31.3 Å². The molecule has 4 rings (SSSR count). The van der Waals surface area contributed by atoms with Gasteiger partial charge in [-0.05, 0) is 61.1 Å². The number of H-pyrrole nitrogens is 1. The maximum absolute atomic E-state index is 13.9. The summed E-state index contributed by atoms with van der Waals surface area (Å²) in [6.07, 6.45) is 7.96. The Hall–Kier alpha value is -5.50. The van der Waals surface area contributed by atoms with Crippen LogP contribution in [0.1, 0.15) is 58.5 Å². The Balaban J connectivity index is 1.57. The Labute approximate surface area is 266 Å². The van der Waals surface area contributed by atoms with Crippen LogP contribution in [0, 0.1) is 13.8 Å². The summed E-state index contributed by atoms with van der Waals surface area (Å²) in [4.78, 5) is 42.6. The summed E-state index contributed by atoms with van der Waals surface area (Å²) in [6.45, 7) is 4.00. The summed E-state index contributed by atoms with van der Waals surface area (Å²) in [6, 6.07) is 10.2. The van der Waals surface area contributed by atoms with E-state index in [-0.39, 0.29) is 24.0 Å². The normalized spacial score (nSPS) is 13.2. The van der Waals surface area contributed by atoms with E-state index in [9.17, 15) is 14.7 Å². The van der Waals surface area contributed by atoms with E-state index >= 15 is 0 Å². The van der Waals surface area contributed by atoms with E-state index in [1.54, 1.807) is 30.5 Å². The minimum absolute atomic E-state index is 0.0437. The number of phenols is 1. The number of amides is 2. The molecule has 3 atom stereocenters. The summed E-state index contributed by atoms with van der Waals surface area (Å²) in [5, 5.41) is 19.8. The molecule has 0 saturated carbocycles. The SMILES string of the molecule is Cc1cc(O)cc(C)c1/C=C/[C@H](NC(=O)[C@H](N)CCCN=C(N)N)C(=O)N[C@@H](Cc1cnc[nH]1)c1nc(Cc2ccccc2)no1. The van der Waals surface area contributed by atoms with Gasteiger partial charge in [0.05, 0.1) is 12.4 Å². The molecule has 14 nitrogen and oxygen atoms in total. The second kappa shape index (κ2) is 16.0. The number of aromatic nitrogens is 4. The molecule has 0 radical (unpaired) electrons. The van der Waals surface area contributed by atoms with Crippen LogP contribution in [0.4, 0.5) is 0 Å². The number of guanidine groups is 1. The van der Waals surface area contributed by atoms with Gasteiger partial charge in [0.2, 0.25) is 17.7 Å². The van der Waals surface area contributed by atoms with E-state index in [0.29, 0.717) is 31.6 Å². The average Bonchev–Trinajstić information content (AvgIpc) is 3.70. The first-order valence-electron chi connectivity index (χ1n) is 14.8. The van der Waals surface area contributed by atoms with Gasteiger partial charge in [0.1, 0.15) is 17.8 Å². The molecule has 2 heterocycles. The van der Waals surface area contributed by atoms with E-state index < -0.39 is 29.9 Å². The molecule has 2 aromatic carbocycles. The van der Waals surface area contributed by atoms with Gasteiger partial charge in [-0.1, -0.05) is 47.6 Å². The summed E-state index contributed by atoms with van der Waals surface area (Å²) in [5.41, 5.74) is 21.0. The van der Waals surface area contributed by atoms with Crippen LogP contribution in [-0.4, -0.2) is 61.6 Å². The summed E-state index contributed by atoms with van der Waals surface area (Å²) in [5.74, 6) is -0.308. The zero-order valence-electron chi connectivity index (χ0n) is 25.8. The van der Waals surface area contributed by atoms with Crippen molar-refractivity contribution in [3.8, 4) is 5.75 Å². The summed E-state index contributed by atoms with van der Waals surface area (Å²) < 4.78 is 5.60. The molecule has 0 bridgehead atoms. The molecule has 14 heteroatoms. The first-order chi connectivity index (χ1) is 22.1. The van der Waals surface area contributed by atoms with Crippen LogP contribution < -0.4 is 27.8 Å². The minimum Gasteiger partial charge on any atom is -0.508 e. The quantitative estimate of drug-likeness (QED) is 0.0571. The number of aliphatic imine (C=N–C) groups is 1. The van der Waals surface area contributed by atoms with Crippen LogP contribution in [0.25, 0.3) is 6.08 Å². The summed E-state index contributed by atoms with van der Waals surface area (Å²) >= 11 is 0. The smallest absolute Gasteiger partial charge is 0.249 e. The van der Waals surface area contributed by atoms with Crippen molar-refractivity contribution in [1.82, 2.24) is 30.7 Å². The van der Waals surface area contributed by atoms with Crippen molar-refractivity contribution < 1.29 is 19.2 Å². The molecular weight excluding hydrogens is 588 g/mol. The number of phenolic OH excluding ortho intramolecular Hbond substituents is 1. The third kappa shape index (κ3) is 9.75. The Bertz CT molecular complexity index is 1620. The molecule has 2 amide bonds. The van der Waals surface area contributed by atoms with E-state index in [0.717, 1.165) is 27.9 Å². The molecule has 2 aromatic heterocycles. The van der Waals surface area contributed by atoms with Crippen LogP contribution in [0.3, 0.4) is 0 Å². The molecule has 46 heavy (non-hydrogen) atoms. The van der Waals surface area contributed by atoms with Gasteiger partial charge in [-0.3, -0.25) is 14.6 Å². The highest BCUT2D eigenvalue weighted by Crippen LogP contribution is 2.23. The number of carbonyl (C=O) groups is 2. The number of aryl methyl sites for hydroxylation is 2. The maximum atomic E-state index is 13.9. The molecule has 0 aliphatic rings. The molecule has 10 N–H and O–H groups in total. The van der Waals surface area contributed by atoms with Crippen molar-refractivity contribution in [2.45, 2.75) is 57.7 Å².